The second-order valence-corrected chi connectivity index (χ2v) is 13.3. The molecule has 266 valence electrons. The number of hydrogen-bond acceptors (Lipinski definition) is 9. The largest absolute Gasteiger partial charge is 0.369 e. The van der Waals surface area contributed by atoms with Crippen molar-refractivity contribution in [3.05, 3.63) is 95.6 Å². The Morgan fingerprint density at radius 1 is 0.962 bits per heavy atom. The molecule has 5 amide bonds. The average molecular weight is 706 g/mol. The molecule has 5 aromatic rings. The van der Waals surface area contributed by atoms with Crippen LogP contribution in [0.5, 0.6) is 0 Å². The number of pyridine rings is 2. The summed E-state index contributed by atoms with van der Waals surface area (Å²) in [4.78, 5) is 63.5. The lowest BCUT2D eigenvalue weighted by Gasteiger charge is -2.36. The second-order valence-electron chi connectivity index (χ2n) is 13.3. The van der Waals surface area contributed by atoms with Crippen molar-refractivity contribution in [3.8, 4) is 0 Å². The van der Waals surface area contributed by atoms with Crippen LogP contribution in [0.1, 0.15) is 51.5 Å². The van der Waals surface area contributed by atoms with Crippen molar-refractivity contribution in [2.24, 2.45) is 0 Å². The third kappa shape index (κ3) is 6.55. The summed E-state index contributed by atoms with van der Waals surface area (Å²) in [7, 11) is 0. The molecule has 1 atom stereocenters. The van der Waals surface area contributed by atoms with Crippen LogP contribution in [-0.2, 0) is 17.9 Å². The summed E-state index contributed by atoms with van der Waals surface area (Å²) in [6.45, 7) is 6.57. The van der Waals surface area contributed by atoms with Gasteiger partial charge >= 0.3 is 6.03 Å². The quantitative estimate of drug-likeness (QED) is 0.206. The lowest BCUT2D eigenvalue weighted by atomic mass is 10.1. The monoisotopic (exact) mass is 705 g/mol. The molecule has 2 saturated heterocycles. The minimum absolute atomic E-state index is 0.0210. The van der Waals surface area contributed by atoms with Gasteiger partial charge in [0.25, 0.3) is 11.8 Å². The molecule has 8 rings (SSSR count). The zero-order valence-corrected chi connectivity index (χ0v) is 28.4. The smallest absolute Gasteiger partial charge is 0.328 e. The zero-order valence-electron chi connectivity index (χ0n) is 28.4. The van der Waals surface area contributed by atoms with E-state index in [1.807, 2.05) is 11.5 Å². The van der Waals surface area contributed by atoms with E-state index >= 15 is 0 Å². The number of urea groups is 1. The normalized spacial score (nSPS) is 18.0. The Hall–Kier alpha value is -6.16. The van der Waals surface area contributed by atoms with Gasteiger partial charge in [-0.1, -0.05) is 12.1 Å². The first-order valence-corrected chi connectivity index (χ1v) is 17.1. The number of carbonyl (C=O) groups excluding carboxylic acids is 4. The standard InChI is InChI=1S/C36H36FN11O4/c1-22-16-39-35(51)30-15-24-4-7-29(42-33(24)48(22)30)34(50)41-26-17-40-46(21-26)19-23-2-5-27(6-3-23)45-12-10-44(11-13-45)20-25-14-28(18-38-32(25)37)47-9-8-31(49)43-36(47)52/h2-7,14-15,17-18,21-22H,8-13,16,19-20H2,1H3,(H,39,51)(H,41,50)(H,43,49,52)/t22-/m1/s1. The molecule has 0 aliphatic carbocycles. The van der Waals surface area contributed by atoms with Gasteiger partial charge in [0, 0.05) is 75.1 Å². The fourth-order valence-corrected chi connectivity index (χ4v) is 6.93. The van der Waals surface area contributed by atoms with Gasteiger partial charge in [-0.15, -0.1) is 0 Å². The van der Waals surface area contributed by atoms with Crippen LogP contribution < -0.4 is 25.8 Å². The molecule has 3 aliphatic heterocycles. The summed E-state index contributed by atoms with van der Waals surface area (Å²) in [6.07, 6.45) is 4.87. The number of amides is 5. The molecule has 3 N–H and O–H groups in total. The van der Waals surface area contributed by atoms with Gasteiger partial charge in [-0.2, -0.15) is 9.49 Å². The van der Waals surface area contributed by atoms with E-state index in [2.05, 4.69) is 65.1 Å². The lowest BCUT2D eigenvalue weighted by Crippen LogP contribution is -2.49. The summed E-state index contributed by atoms with van der Waals surface area (Å²) in [5.41, 5.74) is 4.92. The first-order valence-electron chi connectivity index (χ1n) is 17.1. The number of nitrogens with zero attached hydrogens (tertiary/aromatic N) is 8. The molecule has 7 heterocycles. The van der Waals surface area contributed by atoms with Crippen molar-refractivity contribution in [1.82, 2.24) is 39.8 Å². The topological polar surface area (TPSA) is 163 Å². The third-order valence-electron chi connectivity index (χ3n) is 9.72. The van der Waals surface area contributed by atoms with Crippen molar-refractivity contribution in [2.45, 2.75) is 32.5 Å². The Morgan fingerprint density at radius 3 is 2.56 bits per heavy atom. The van der Waals surface area contributed by atoms with E-state index in [0.29, 0.717) is 47.9 Å². The Balaban J connectivity index is 0.845. The van der Waals surface area contributed by atoms with E-state index in [0.717, 1.165) is 42.8 Å². The molecule has 0 unspecified atom stereocenters. The first kappa shape index (κ1) is 33.0. The molecule has 2 fully saturated rings. The molecule has 0 bridgehead atoms. The highest BCUT2D eigenvalue weighted by atomic mass is 19.1. The summed E-state index contributed by atoms with van der Waals surface area (Å²) in [5, 5.41) is 13.3. The fourth-order valence-electron chi connectivity index (χ4n) is 6.93. The molecule has 0 saturated carbocycles. The third-order valence-corrected chi connectivity index (χ3v) is 9.72. The molecule has 52 heavy (non-hydrogen) atoms. The van der Waals surface area contributed by atoms with Gasteiger partial charge in [0.2, 0.25) is 11.9 Å². The SMILES string of the molecule is C[C@@H]1CNC(=O)c2cc3ccc(C(=O)Nc4cnn(Cc5ccc(N6CCN(Cc7cc(N8CCC(=O)NC8=O)cnc7F)CC6)cc5)c4)nc3n21. The summed E-state index contributed by atoms with van der Waals surface area (Å²) in [6, 6.07) is 14.6. The number of halogens is 1. The Morgan fingerprint density at radius 2 is 1.77 bits per heavy atom. The highest BCUT2D eigenvalue weighted by Crippen LogP contribution is 2.26. The van der Waals surface area contributed by atoms with Crippen LogP contribution in [0.15, 0.2) is 67.1 Å². The Bertz CT molecular complexity index is 2210. The predicted molar refractivity (Wildman–Crippen MR) is 190 cm³/mol. The number of anilines is 3. The van der Waals surface area contributed by atoms with Crippen molar-refractivity contribution in [1.29, 1.82) is 0 Å². The predicted octanol–water partition coefficient (Wildman–Crippen LogP) is 3.14. The lowest BCUT2D eigenvalue weighted by molar-refractivity contribution is -0.120. The van der Waals surface area contributed by atoms with E-state index < -0.39 is 12.0 Å². The van der Waals surface area contributed by atoms with Gasteiger partial charge in [-0.05, 0) is 48.9 Å². The van der Waals surface area contributed by atoms with Crippen LogP contribution in [0.3, 0.4) is 0 Å². The van der Waals surface area contributed by atoms with Crippen LogP contribution in [-0.4, -0.2) is 92.2 Å². The molecular weight excluding hydrogens is 669 g/mol. The zero-order chi connectivity index (χ0) is 35.9. The second kappa shape index (κ2) is 13.5. The van der Waals surface area contributed by atoms with E-state index in [9.17, 15) is 23.6 Å². The van der Waals surface area contributed by atoms with Crippen molar-refractivity contribution < 1.29 is 23.6 Å². The number of rotatable bonds is 8. The van der Waals surface area contributed by atoms with Crippen LogP contribution in [0.4, 0.5) is 26.2 Å². The number of nitrogens with one attached hydrogen (secondary N) is 3. The van der Waals surface area contributed by atoms with Crippen molar-refractivity contribution in [2.75, 3.05) is 54.4 Å². The van der Waals surface area contributed by atoms with Gasteiger partial charge in [0.1, 0.15) is 17.0 Å². The van der Waals surface area contributed by atoms with Crippen LogP contribution in [0.25, 0.3) is 11.0 Å². The summed E-state index contributed by atoms with van der Waals surface area (Å²) in [5.74, 6) is -1.41. The van der Waals surface area contributed by atoms with Crippen LogP contribution >= 0.6 is 0 Å². The number of piperazine rings is 1. The minimum atomic E-state index is -0.570. The minimum Gasteiger partial charge on any atom is -0.369 e. The number of benzene rings is 1. The van der Waals surface area contributed by atoms with Crippen LogP contribution in [0.2, 0.25) is 0 Å². The number of hydrogen-bond donors (Lipinski definition) is 3. The van der Waals surface area contributed by atoms with Crippen molar-refractivity contribution >= 4 is 51.8 Å². The molecule has 16 heteroatoms. The molecule has 0 radical (unpaired) electrons. The highest BCUT2D eigenvalue weighted by molar-refractivity contribution is 6.06. The number of carbonyl (C=O) groups is 4. The molecule has 4 aromatic heterocycles. The maximum absolute atomic E-state index is 14.7. The van der Waals surface area contributed by atoms with Gasteiger partial charge in [0.05, 0.1) is 36.4 Å². The Labute approximate surface area is 297 Å². The van der Waals surface area contributed by atoms with E-state index in [1.165, 1.54) is 11.1 Å². The Kier molecular flexibility index (Phi) is 8.58. The fraction of sp³-hybridized carbons (Fsp3) is 0.306. The summed E-state index contributed by atoms with van der Waals surface area (Å²) < 4.78 is 18.3. The van der Waals surface area contributed by atoms with E-state index in [1.54, 1.807) is 41.3 Å². The van der Waals surface area contributed by atoms with Gasteiger partial charge in [-0.3, -0.25) is 34.2 Å². The first-order chi connectivity index (χ1) is 25.2. The number of aromatic nitrogens is 5. The van der Waals surface area contributed by atoms with Crippen LogP contribution in [0, 0.1) is 5.95 Å². The molecule has 15 nitrogen and oxygen atoms in total. The van der Waals surface area contributed by atoms with E-state index in [-0.39, 0.29) is 42.4 Å². The molecule has 0 spiro atoms. The van der Waals surface area contributed by atoms with Gasteiger partial charge < -0.3 is 20.1 Å². The molecule has 3 aliphatic rings. The number of fused-ring (bicyclic) bond motifs is 3. The van der Waals surface area contributed by atoms with Gasteiger partial charge in [0.15, 0.2) is 0 Å². The average Bonchev–Trinajstić information content (AvgIpc) is 3.76. The molecule has 1 aromatic carbocycles. The maximum atomic E-state index is 14.7. The highest BCUT2D eigenvalue weighted by Gasteiger charge is 2.27. The maximum Gasteiger partial charge on any atom is 0.328 e. The van der Waals surface area contributed by atoms with Crippen molar-refractivity contribution in [3.63, 3.8) is 0 Å². The number of imide groups is 1. The molecular formula is C36H36FN11O4. The van der Waals surface area contributed by atoms with Gasteiger partial charge in [-0.25, -0.2) is 14.8 Å². The van der Waals surface area contributed by atoms with E-state index in [4.69, 9.17) is 0 Å². The summed E-state index contributed by atoms with van der Waals surface area (Å²) >= 11 is 0.